The molecule has 0 spiro atoms. The minimum atomic E-state index is -0.0721. The van der Waals surface area contributed by atoms with E-state index in [-0.39, 0.29) is 11.9 Å². The zero-order valence-electron chi connectivity index (χ0n) is 9.99. The fourth-order valence-corrected chi connectivity index (χ4v) is 1.81. The summed E-state index contributed by atoms with van der Waals surface area (Å²) in [5.41, 5.74) is 6.73. The highest BCUT2D eigenvalue weighted by molar-refractivity contribution is 7.09. The van der Waals surface area contributed by atoms with Crippen LogP contribution in [0.15, 0.2) is 5.38 Å². The van der Waals surface area contributed by atoms with E-state index in [2.05, 4.69) is 10.3 Å². The Balaban J connectivity index is 2.30. The van der Waals surface area contributed by atoms with Crippen LogP contribution < -0.4 is 11.1 Å². The standard InChI is InChI=1S/C11H19N3OS/c1-7(2)10(12)4-11(15)13-5-9-6-16-8(3)14-9/h6-7,10H,4-5,12H2,1-3H3,(H,13,15). The van der Waals surface area contributed by atoms with E-state index >= 15 is 0 Å². The lowest BCUT2D eigenvalue weighted by Crippen LogP contribution is -2.34. The highest BCUT2D eigenvalue weighted by Crippen LogP contribution is 2.07. The lowest BCUT2D eigenvalue weighted by Gasteiger charge is -2.14. The van der Waals surface area contributed by atoms with Crippen molar-refractivity contribution in [2.75, 3.05) is 0 Å². The predicted molar refractivity (Wildman–Crippen MR) is 66.1 cm³/mol. The van der Waals surface area contributed by atoms with Crippen LogP contribution >= 0.6 is 11.3 Å². The normalized spacial score (nSPS) is 12.8. The number of thiazole rings is 1. The number of nitrogens with one attached hydrogen (secondary N) is 1. The van der Waals surface area contributed by atoms with Crippen molar-refractivity contribution in [2.24, 2.45) is 11.7 Å². The molecule has 1 aromatic heterocycles. The molecule has 0 bridgehead atoms. The summed E-state index contributed by atoms with van der Waals surface area (Å²) >= 11 is 1.59. The monoisotopic (exact) mass is 241 g/mol. The minimum absolute atomic E-state index is 0.00754. The number of nitrogens with zero attached hydrogens (tertiary/aromatic N) is 1. The number of aromatic nitrogens is 1. The maximum absolute atomic E-state index is 11.5. The Bertz CT molecular complexity index is 349. The van der Waals surface area contributed by atoms with Gasteiger partial charge in [0.15, 0.2) is 0 Å². The average molecular weight is 241 g/mol. The molecule has 0 fully saturated rings. The van der Waals surface area contributed by atoms with Crippen molar-refractivity contribution in [3.63, 3.8) is 0 Å². The molecule has 0 aliphatic heterocycles. The first-order valence-corrected chi connectivity index (χ1v) is 6.30. The molecule has 5 heteroatoms. The van der Waals surface area contributed by atoms with Gasteiger partial charge in [0.1, 0.15) is 0 Å². The van der Waals surface area contributed by atoms with Crippen LogP contribution in [-0.4, -0.2) is 16.9 Å². The predicted octanol–water partition coefficient (Wildman–Crippen LogP) is 1.44. The Hall–Kier alpha value is -0.940. The maximum atomic E-state index is 11.5. The number of nitrogens with two attached hydrogens (primary N) is 1. The average Bonchev–Trinajstić information content (AvgIpc) is 2.61. The first-order chi connectivity index (χ1) is 7.49. The van der Waals surface area contributed by atoms with Gasteiger partial charge in [0.05, 0.1) is 17.2 Å². The second-order valence-electron chi connectivity index (χ2n) is 4.25. The molecule has 0 aliphatic rings. The summed E-state index contributed by atoms with van der Waals surface area (Å²) in [5, 5.41) is 5.80. The Kier molecular flexibility index (Phi) is 4.89. The quantitative estimate of drug-likeness (QED) is 0.819. The lowest BCUT2D eigenvalue weighted by atomic mass is 10.0. The van der Waals surface area contributed by atoms with Crippen molar-refractivity contribution < 1.29 is 4.79 Å². The molecule has 4 nitrogen and oxygen atoms in total. The Morgan fingerprint density at radius 3 is 2.81 bits per heavy atom. The van der Waals surface area contributed by atoms with Gasteiger partial charge in [-0.1, -0.05) is 13.8 Å². The van der Waals surface area contributed by atoms with Gasteiger partial charge in [0, 0.05) is 17.8 Å². The molecule has 1 rings (SSSR count). The van der Waals surface area contributed by atoms with Crippen LogP contribution in [0, 0.1) is 12.8 Å². The van der Waals surface area contributed by atoms with Crippen molar-refractivity contribution in [3.05, 3.63) is 16.1 Å². The summed E-state index contributed by atoms with van der Waals surface area (Å²) in [4.78, 5) is 15.8. The molecule has 1 amide bonds. The molecule has 1 atom stereocenters. The summed E-state index contributed by atoms with van der Waals surface area (Å²) in [6.07, 6.45) is 0.376. The van der Waals surface area contributed by atoms with E-state index in [9.17, 15) is 4.79 Å². The first-order valence-electron chi connectivity index (χ1n) is 5.42. The van der Waals surface area contributed by atoms with Crippen molar-refractivity contribution in [3.8, 4) is 0 Å². The minimum Gasteiger partial charge on any atom is -0.350 e. The zero-order valence-corrected chi connectivity index (χ0v) is 10.8. The van der Waals surface area contributed by atoms with Crippen LogP contribution in [-0.2, 0) is 11.3 Å². The summed E-state index contributed by atoms with van der Waals surface area (Å²) in [6, 6.07) is -0.0721. The van der Waals surface area contributed by atoms with Gasteiger partial charge < -0.3 is 11.1 Å². The van der Waals surface area contributed by atoms with Gasteiger partial charge in [0.2, 0.25) is 5.91 Å². The molecule has 1 aromatic rings. The topological polar surface area (TPSA) is 68.0 Å². The van der Waals surface area contributed by atoms with E-state index in [0.29, 0.717) is 18.9 Å². The molecule has 0 aromatic carbocycles. The molecule has 0 aliphatic carbocycles. The van der Waals surface area contributed by atoms with Crippen molar-refractivity contribution in [1.29, 1.82) is 0 Å². The van der Waals surface area contributed by atoms with Crippen LogP contribution in [0.4, 0.5) is 0 Å². The van der Waals surface area contributed by atoms with Gasteiger partial charge in [-0.15, -0.1) is 11.3 Å². The number of rotatable bonds is 5. The highest BCUT2D eigenvalue weighted by Gasteiger charge is 2.12. The van der Waals surface area contributed by atoms with Gasteiger partial charge >= 0.3 is 0 Å². The van der Waals surface area contributed by atoms with Crippen LogP contribution in [0.25, 0.3) is 0 Å². The molecule has 0 saturated carbocycles. The van der Waals surface area contributed by atoms with Crippen LogP contribution in [0.1, 0.15) is 31.0 Å². The van der Waals surface area contributed by atoms with Crippen molar-refractivity contribution >= 4 is 17.2 Å². The third-order valence-electron chi connectivity index (χ3n) is 2.41. The van der Waals surface area contributed by atoms with Crippen LogP contribution in [0.3, 0.4) is 0 Å². The third kappa shape index (κ3) is 4.28. The lowest BCUT2D eigenvalue weighted by molar-refractivity contribution is -0.121. The van der Waals surface area contributed by atoms with E-state index in [0.717, 1.165) is 10.7 Å². The summed E-state index contributed by atoms with van der Waals surface area (Å²) in [7, 11) is 0. The van der Waals surface area contributed by atoms with E-state index in [1.165, 1.54) is 0 Å². The van der Waals surface area contributed by atoms with Gasteiger partial charge in [0.25, 0.3) is 0 Å². The van der Waals surface area contributed by atoms with Gasteiger partial charge in [-0.25, -0.2) is 4.98 Å². The Morgan fingerprint density at radius 1 is 1.62 bits per heavy atom. The SMILES string of the molecule is Cc1nc(CNC(=O)CC(N)C(C)C)cs1. The summed E-state index contributed by atoms with van der Waals surface area (Å²) < 4.78 is 0. The van der Waals surface area contributed by atoms with E-state index in [1.54, 1.807) is 11.3 Å². The number of carbonyl (C=O) groups excluding carboxylic acids is 1. The molecular weight excluding hydrogens is 222 g/mol. The Morgan fingerprint density at radius 2 is 2.31 bits per heavy atom. The number of aryl methyl sites for hydroxylation is 1. The number of hydrogen-bond donors (Lipinski definition) is 2. The van der Waals surface area contributed by atoms with E-state index < -0.39 is 0 Å². The molecule has 3 N–H and O–H groups in total. The molecular formula is C11H19N3OS. The van der Waals surface area contributed by atoms with E-state index in [1.807, 2.05) is 26.2 Å². The van der Waals surface area contributed by atoms with Gasteiger partial charge in [-0.2, -0.15) is 0 Å². The summed E-state index contributed by atoms with van der Waals surface area (Å²) in [6.45, 7) is 6.47. The second kappa shape index (κ2) is 5.96. The Labute approximate surface area is 100 Å². The fourth-order valence-electron chi connectivity index (χ4n) is 1.20. The molecule has 16 heavy (non-hydrogen) atoms. The first kappa shape index (κ1) is 13.1. The fraction of sp³-hybridized carbons (Fsp3) is 0.636. The molecule has 90 valence electrons. The highest BCUT2D eigenvalue weighted by atomic mass is 32.1. The molecule has 0 radical (unpaired) electrons. The zero-order chi connectivity index (χ0) is 12.1. The van der Waals surface area contributed by atoms with Crippen LogP contribution in [0.2, 0.25) is 0 Å². The van der Waals surface area contributed by atoms with Gasteiger partial charge in [-0.3, -0.25) is 4.79 Å². The molecule has 1 unspecified atom stereocenters. The number of hydrogen-bond acceptors (Lipinski definition) is 4. The van der Waals surface area contributed by atoms with E-state index in [4.69, 9.17) is 5.73 Å². The summed E-state index contributed by atoms with van der Waals surface area (Å²) in [5.74, 6) is 0.319. The molecule has 0 saturated heterocycles. The third-order valence-corrected chi connectivity index (χ3v) is 3.23. The largest absolute Gasteiger partial charge is 0.350 e. The second-order valence-corrected chi connectivity index (χ2v) is 5.31. The number of amides is 1. The van der Waals surface area contributed by atoms with Crippen LogP contribution in [0.5, 0.6) is 0 Å². The van der Waals surface area contributed by atoms with Crippen molar-refractivity contribution in [2.45, 2.75) is 39.8 Å². The van der Waals surface area contributed by atoms with Gasteiger partial charge in [-0.05, 0) is 12.8 Å². The maximum Gasteiger partial charge on any atom is 0.221 e. The smallest absolute Gasteiger partial charge is 0.221 e. The number of carbonyl (C=O) groups is 1. The molecule has 1 heterocycles. The van der Waals surface area contributed by atoms with Crippen molar-refractivity contribution in [1.82, 2.24) is 10.3 Å².